The Morgan fingerprint density at radius 2 is 0.912 bits per heavy atom. The Morgan fingerprint density at radius 3 is 1.30 bits per heavy atom. The van der Waals surface area contributed by atoms with Crippen LogP contribution in [0.4, 0.5) is 0 Å². The van der Waals surface area contributed by atoms with Crippen molar-refractivity contribution in [3.63, 3.8) is 0 Å². The van der Waals surface area contributed by atoms with Gasteiger partial charge in [0.05, 0.1) is 25.4 Å². The molecule has 57 heavy (non-hydrogen) atoms. The smallest absolute Gasteiger partial charge is 0.220 e. The number of carbonyl (C=O) groups is 1. The van der Waals surface area contributed by atoms with Crippen LogP contribution >= 0.6 is 0 Å². The third-order valence-electron chi connectivity index (χ3n) is 12.1. The molecule has 1 aliphatic rings. The SMILES string of the molecule is CCCCCCCCCCCCCCCCCCCCCCC(=O)N[C@@H](CO[C@@H]1O[C@H](CO)[C@@H](O)C(O)C1O)[C@H](O)[C@H](O)CCCCCCCCCCCCCC. The van der Waals surface area contributed by atoms with Crippen LogP contribution < -0.4 is 5.32 Å². The summed E-state index contributed by atoms with van der Waals surface area (Å²) in [4.78, 5) is 13.0. The van der Waals surface area contributed by atoms with Crippen LogP contribution in [-0.4, -0.2) is 98.7 Å². The minimum Gasteiger partial charge on any atom is -0.394 e. The molecule has 1 heterocycles. The van der Waals surface area contributed by atoms with E-state index >= 15 is 0 Å². The first kappa shape index (κ1) is 54.2. The lowest BCUT2D eigenvalue weighted by molar-refractivity contribution is -0.303. The first-order valence-corrected chi connectivity index (χ1v) is 24.3. The van der Waals surface area contributed by atoms with Gasteiger partial charge in [0.2, 0.25) is 5.91 Å². The summed E-state index contributed by atoms with van der Waals surface area (Å²) in [6.45, 7) is 3.62. The van der Waals surface area contributed by atoms with Crippen LogP contribution in [0.15, 0.2) is 0 Å². The molecule has 7 N–H and O–H groups in total. The first-order chi connectivity index (χ1) is 27.8. The van der Waals surface area contributed by atoms with Crippen molar-refractivity contribution in [2.75, 3.05) is 13.2 Å². The largest absolute Gasteiger partial charge is 0.394 e. The Balaban J connectivity index is 2.32. The fourth-order valence-electron chi connectivity index (χ4n) is 8.08. The second-order valence-corrected chi connectivity index (χ2v) is 17.4. The lowest BCUT2D eigenvalue weighted by Crippen LogP contribution is -2.60. The van der Waals surface area contributed by atoms with Crippen molar-refractivity contribution in [1.82, 2.24) is 5.32 Å². The van der Waals surface area contributed by atoms with Gasteiger partial charge in [0.25, 0.3) is 0 Å². The van der Waals surface area contributed by atoms with Crippen LogP contribution in [-0.2, 0) is 14.3 Å². The topological polar surface area (TPSA) is 169 Å². The normalized spacial score (nSPS) is 21.4. The monoisotopic (exact) mass is 816 g/mol. The van der Waals surface area contributed by atoms with E-state index in [-0.39, 0.29) is 18.9 Å². The Kier molecular flexibility index (Phi) is 36.2. The lowest BCUT2D eigenvalue weighted by Gasteiger charge is -2.40. The molecular formula is C47H93NO9. The van der Waals surface area contributed by atoms with Crippen LogP contribution in [0.5, 0.6) is 0 Å². The molecule has 10 heteroatoms. The predicted octanol–water partition coefficient (Wildman–Crippen LogP) is 9.31. The summed E-state index contributed by atoms with van der Waals surface area (Å²) in [6.07, 6.45) is 31.1. The van der Waals surface area contributed by atoms with Gasteiger partial charge in [0.15, 0.2) is 6.29 Å². The molecule has 1 aliphatic heterocycles. The van der Waals surface area contributed by atoms with Gasteiger partial charge in [-0.25, -0.2) is 0 Å². The van der Waals surface area contributed by atoms with Crippen molar-refractivity contribution in [3.8, 4) is 0 Å². The maximum atomic E-state index is 13.0. The number of nitrogens with one attached hydrogen (secondary N) is 1. The van der Waals surface area contributed by atoms with E-state index in [1.807, 2.05) is 0 Å². The van der Waals surface area contributed by atoms with Crippen LogP contribution in [0, 0.1) is 0 Å². The van der Waals surface area contributed by atoms with Gasteiger partial charge in [0, 0.05) is 6.42 Å². The average molecular weight is 816 g/mol. The zero-order chi connectivity index (χ0) is 41.8. The second-order valence-electron chi connectivity index (χ2n) is 17.4. The maximum absolute atomic E-state index is 13.0. The zero-order valence-electron chi connectivity index (χ0n) is 37.0. The van der Waals surface area contributed by atoms with Gasteiger partial charge >= 0.3 is 0 Å². The van der Waals surface area contributed by atoms with Gasteiger partial charge in [0.1, 0.15) is 30.5 Å². The standard InChI is InChI=1S/C47H93NO9/c1-3-5-7-9-11-13-15-17-18-19-20-21-22-23-24-26-28-30-32-34-36-42(51)48-39(38-56-47-46(55)45(54)44(53)41(37-49)57-47)43(52)40(50)35-33-31-29-27-25-16-14-12-10-8-6-4-2/h39-41,43-47,49-50,52-55H,3-38H2,1-2H3,(H,48,51)/t39-,40+,41+,43-,44+,45?,46?,47+/m0/s1. The van der Waals surface area contributed by atoms with Crippen molar-refractivity contribution in [1.29, 1.82) is 0 Å². The molecule has 2 unspecified atom stereocenters. The second kappa shape index (κ2) is 38.1. The van der Waals surface area contributed by atoms with Crippen LogP contribution in [0.25, 0.3) is 0 Å². The number of amides is 1. The van der Waals surface area contributed by atoms with Crippen molar-refractivity contribution < 1.29 is 44.9 Å². The molecule has 0 aromatic heterocycles. The fraction of sp³-hybridized carbons (Fsp3) is 0.979. The number of aliphatic hydroxyl groups is 6. The Bertz CT molecular complexity index is 880. The summed E-state index contributed by atoms with van der Waals surface area (Å²) < 4.78 is 11.2. The number of carbonyl (C=O) groups excluding carboxylic acids is 1. The molecular weight excluding hydrogens is 723 g/mol. The van der Waals surface area contributed by atoms with E-state index < -0.39 is 55.6 Å². The van der Waals surface area contributed by atoms with Crippen LogP contribution in [0.1, 0.15) is 232 Å². The summed E-state index contributed by atoms with van der Waals surface area (Å²) in [5.41, 5.74) is 0. The van der Waals surface area contributed by atoms with Crippen molar-refractivity contribution in [2.45, 2.75) is 281 Å². The van der Waals surface area contributed by atoms with Gasteiger partial charge < -0.3 is 45.4 Å². The van der Waals surface area contributed by atoms with Gasteiger partial charge in [-0.3, -0.25) is 4.79 Å². The summed E-state index contributed by atoms with van der Waals surface area (Å²) in [5, 5.41) is 65.2. The molecule has 0 saturated carbocycles. The highest BCUT2D eigenvalue weighted by Crippen LogP contribution is 2.23. The Morgan fingerprint density at radius 1 is 0.544 bits per heavy atom. The first-order valence-electron chi connectivity index (χ1n) is 24.3. The summed E-state index contributed by atoms with van der Waals surface area (Å²) in [6, 6.07) is -0.984. The zero-order valence-corrected chi connectivity index (χ0v) is 37.0. The molecule has 10 nitrogen and oxygen atoms in total. The predicted molar refractivity (Wildman–Crippen MR) is 232 cm³/mol. The van der Waals surface area contributed by atoms with E-state index in [1.165, 1.54) is 167 Å². The number of hydrogen-bond donors (Lipinski definition) is 7. The third-order valence-corrected chi connectivity index (χ3v) is 12.1. The summed E-state index contributed by atoms with van der Waals surface area (Å²) in [7, 11) is 0. The Hall–Kier alpha value is -0.850. The number of unbranched alkanes of at least 4 members (excludes halogenated alkanes) is 30. The summed E-state index contributed by atoms with van der Waals surface area (Å²) in [5.74, 6) is -0.253. The molecule has 1 saturated heterocycles. The Labute approximate surface area is 349 Å². The van der Waals surface area contributed by atoms with Crippen molar-refractivity contribution in [2.24, 2.45) is 0 Å². The van der Waals surface area contributed by atoms with Crippen molar-refractivity contribution >= 4 is 5.91 Å². The molecule has 340 valence electrons. The minimum atomic E-state index is -1.60. The molecule has 1 fully saturated rings. The van der Waals surface area contributed by atoms with Crippen LogP contribution in [0.2, 0.25) is 0 Å². The molecule has 1 rings (SSSR count). The van der Waals surface area contributed by atoms with E-state index in [2.05, 4.69) is 19.2 Å². The van der Waals surface area contributed by atoms with E-state index in [9.17, 15) is 35.4 Å². The molecule has 0 radical (unpaired) electrons. The third kappa shape index (κ3) is 28.3. The number of aliphatic hydroxyl groups excluding tert-OH is 6. The maximum Gasteiger partial charge on any atom is 0.220 e. The molecule has 0 aromatic rings. The summed E-state index contributed by atoms with van der Waals surface area (Å²) >= 11 is 0. The van der Waals surface area contributed by atoms with E-state index in [4.69, 9.17) is 9.47 Å². The van der Waals surface area contributed by atoms with Gasteiger partial charge in [-0.2, -0.15) is 0 Å². The highest BCUT2D eigenvalue weighted by atomic mass is 16.7. The molecule has 1 amide bonds. The quantitative estimate of drug-likeness (QED) is 0.0298. The van der Waals surface area contributed by atoms with Gasteiger partial charge in [-0.15, -0.1) is 0 Å². The average Bonchev–Trinajstić information content (AvgIpc) is 3.21. The fourth-order valence-corrected chi connectivity index (χ4v) is 8.08. The highest BCUT2D eigenvalue weighted by Gasteiger charge is 2.44. The van der Waals surface area contributed by atoms with E-state index in [1.54, 1.807) is 0 Å². The number of hydrogen-bond acceptors (Lipinski definition) is 9. The van der Waals surface area contributed by atoms with Gasteiger partial charge in [-0.1, -0.05) is 213 Å². The lowest BCUT2D eigenvalue weighted by atomic mass is 9.98. The minimum absolute atomic E-state index is 0.253. The number of ether oxygens (including phenoxy) is 2. The molecule has 0 aromatic carbocycles. The highest BCUT2D eigenvalue weighted by molar-refractivity contribution is 5.76. The van der Waals surface area contributed by atoms with E-state index in [0.717, 1.165) is 38.5 Å². The van der Waals surface area contributed by atoms with Crippen molar-refractivity contribution in [3.05, 3.63) is 0 Å². The molecule has 0 aliphatic carbocycles. The van der Waals surface area contributed by atoms with Gasteiger partial charge in [-0.05, 0) is 12.8 Å². The molecule has 0 spiro atoms. The molecule has 0 bridgehead atoms. The number of rotatable bonds is 41. The van der Waals surface area contributed by atoms with Crippen LogP contribution in [0.3, 0.4) is 0 Å². The molecule has 8 atom stereocenters. The van der Waals surface area contributed by atoms with E-state index in [0.29, 0.717) is 6.42 Å².